The summed E-state index contributed by atoms with van der Waals surface area (Å²) in [5.41, 5.74) is 0.357. The van der Waals surface area contributed by atoms with E-state index in [0.717, 1.165) is 16.7 Å². The number of carbonyl (C=O) groups excluding carboxylic acids is 1. The van der Waals surface area contributed by atoms with Crippen LogP contribution in [0.5, 0.6) is 11.5 Å². The van der Waals surface area contributed by atoms with Crippen LogP contribution < -0.4 is 9.47 Å². The lowest BCUT2D eigenvalue weighted by molar-refractivity contribution is -0.385. The van der Waals surface area contributed by atoms with Gasteiger partial charge in [0.2, 0.25) is 6.79 Å². The molecule has 0 amide bonds. The van der Waals surface area contributed by atoms with Crippen LogP contribution in [-0.2, 0) is 4.74 Å². The number of rotatable bonds is 5. The summed E-state index contributed by atoms with van der Waals surface area (Å²) < 4.78 is 15.7. The van der Waals surface area contributed by atoms with Crippen molar-refractivity contribution < 1.29 is 23.9 Å². The number of ether oxygens (including phenoxy) is 3. The Kier molecular flexibility index (Phi) is 5.08. The van der Waals surface area contributed by atoms with Crippen molar-refractivity contribution in [3.05, 3.63) is 58.1 Å². The van der Waals surface area contributed by atoms with Gasteiger partial charge in [-0.1, -0.05) is 25.1 Å². The molecule has 130 valence electrons. The molecule has 3 rings (SSSR count). The molecule has 1 aliphatic rings. The second-order valence-electron chi connectivity index (χ2n) is 5.40. The lowest BCUT2D eigenvalue weighted by Crippen LogP contribution is -2.09. The minimum Gasteiger partial charge on any atom is -0.457 e. The molecule has 0 saturated carbocycles. The standard InChI is InChI=1S/C17H15NO6S/c1-11(9-22-17(19)25-12-5-3-2-4-6-12)13-7-15-16(24-10-23-15)8-14(13)18(20)21/h2-8,11H,9-10H2,1H3. The van der Waals surface area contributed by atoms with E-state index in [-0.39, 0.29) is 25.0 Å². The second kappa shape index (κ2) is 7.43. The molecule has 1 aliphatic heterocycles. The first-order valence-electron chi connectivity index (χ1n) is 7.52. The van der Waals surface area contributed by atoms with Crippen molar-refractivity contribution >= 4 is 22.8 Å². The average Bonchev–Trinajstić information content (AvgIpc) is 3.07. The number of nitrogens with zero attached hydrogens (tertiary/aromatic N) is 1. The fraction of sp³-hybridized carbons (Fsp3) is 0.235. The molecular weight excluding hydrogens is 346 g/mol. The predicted molar refractivity (Wildman–Crippen MR) is 91.3 cm³/mol. The SMILES string of the molecule is CC(COC(=O)Sc1ccccc1)c1cc2c(cc1[N+](=O)[O-])OCO2. The maximum Gasteiger partial charge on any atom is 0.372 e. The lowest BCUT2D eigenvalue weighted by atomic mass is 9.99. The van der Waals surface area contributed by atoms with Gasteiger partial charge in [0.1, 0.15) is 0 Å². The molecule has 0 aliphatic carbocycles. The second-order valence-corrected chi connectivity index (χ2v) is 6.41. The third-order valence-corrected chi connectivity index (χ3v) is 4.44. The highest BCUT2D eigenvalue weighted by Gasteiger charge is 2.26. The molecule has 0 saturated heterocycles. The first-order chi connectivity index (χ1) is 12.0. The Bertz CT molecular complexity index is 795. The first kappa shape index (κ1) is 17.1. The topological polar surface area (TPSA) is 87.9 Å². The van der Waals surface area contributed by atoms with Gasteiger partial charge in [-0.3, -0.25) is 10.1 Å². The Morgan fingerprint density at radius 3 is 2.64 bits per heavy atom. The number of carbonyl (C=O) groups is 1. The fourth-order valence-corrected chi connectivity index (χ4v) is 3.01. The summed E-state index contributed by atoms with van der Waals surface area (Å²) in [5.74, 6) is 0.437. The molecule has 0 radical (unpaired) electrons. The quantitative estimate of drug-likeness (QED) is 0.338. The average molecular weight is 361 g/mol. The predicted octanol–water partition coefficient (Wildman–Crippen LogP) is 4.36. The Labute approximate surface area is 148 Å². The highest BCUT2D eigenvalue weighted by Crippen LogP contribution is 2.40. The molecule has 1 atom stereocenters. The smallest absolute Gasteiger partial charge is 0.372 e. The van der Waals surface area contributed by atoms with Crippen LogP contribution in [0.3, 0.4) is 0 Å². The van der Waals surface area contributed by atoms with Crippen LogP contribution in [-0.4, -0.2) is 23.6 Å². The van der Waals surface area contributed by atoms with Crippen LogP contribution in [0.4, 0.5) is 10.5 Å². The summed E-state index contributed by atoms with van der Waals surface area (Å²) in [6.07, 6.45) is 0. The molecule has 1 heterocycles. The molecule has 2 aromatic rings. The monoisotopic (exact) mass is 361 g/mol. The summed E-state index contributed by atoms with van der Waals surface area (Å²) in [6.45, 7) is 1.82. The zero-order chi connectivity index (χ0) is 17.8. The molecule has 0 aromatic heterocycles. The molecule has 2 aromatic carbocycles. The van der Waals surface area contributed by atoms with Gasteiger partial charge in [-0.25, -0.2) is 4.79 Å². The van der Waals surface area contributed by atoms with E-state index in [9.17, 15) is 14.9 Å². The molecule has 1 unspecified atom stereocenters. The normalized spacial score (nSPS) is 13.3. The van der Waals surface area contributed by atoms with Gasteiger partial charge in [-0.15, -0.1) is 0 Å². The summed E-state index contributed by atoms with van der Waals surface area (Å²) in [5, 5.41) is 10.8. The highest BCUT2D eigenvalue weighted by atomic mass is 32.2. The number of hydrogen-bond donors (Lipinski definition) is 0. The van der Waals surface area contributed by atoms with E-state index >= 15 is 0 Å². The van der Waals surface area contributed by atoms with Gasteiger partial charge < -0.3 is 14.2 Å². The van der Waals surface area contributed by atoms with Crippen LogP contribution in [0.1, 0.15) is 18.4 Å². The summed E-state index contributed by atoms with van der Waals surface area (Å²) >= 11 is 0.972. The number of hydrogen-bond acceptors (Lipinski definition) is 7. The zero-order valence-corrected chi connectivity index (χ0v) is 14.2. The first-order valence-corrected chi connectivity index (χ1v) is 8.34. The molecule has 0 fully saturated rings. The van der Waals surface area contributed by atoms with Gasteiger partial charge in [0.15, 0.2) is 11.5 Å². The van der Waals surface area contributed by atoms with Crippen molar-refractivity contribution in [2.24, 2.45) is 0 Å². The molecule has 8 heteroatoms. The van der Waals surface area contributed by atoms with Crippen LogP contribution in [0.15, 0.2) is 47.4 Å². The van der Waals surface area contributed by atoms with Gasteiger partial charge in [-0.05, 0) is 30.0 Å². The number of benzene rings is 2. The Morgan fingerprint density at radius 2 is 1.96 bits per heavy atom. The van der Waals surface area contributed by atoms with Crippen LogP contribution in [0, 0.1) is 10.1 Å². The number of nitro benzene ring substituents is 1. The van der Waals surface area contributed by atoms with E-state index in [1.54, 1.807) is 25.1 Å². The highest BCUT2D eigenvalue weighted by molar-refractivity contribution is 8.13. The number of nitro groups is 1. The third-order valence-electron chi connectivity index (χ3n) is 3.65. The van der Waals surface area contributed by atoms with E-state index in [4.69, 9.17) is 14.2 Å². The third kappa shape index (κ3) is 4.03. The van der Waals surface area contributed by atoms with Crippen molar-refractivity contribution in [2.45, 2.75) is 17.7 Å². The fourth-order valence-electron chi connectivity index (χ4n) is 2.40. The van der Waals surface area contributed by atoms with E-state index in [0.29, 0.717) is 17.1 Å². The minimum absolute atomic E-state index is 0.0269. The Balaban J connectivity index is 1.68. The molecule has 0 bridgehead atoms. The van der Waals surface area contributed by atoms with Crippen molar-refractivity contribution in [2.75, 3.05) is 13.4 Å². The van der Waals surface area contributed by atoms with Crippen molar-refractivity contribution in [3.63, 3.8) is 0 Å². The van der Waals surface area contributed by atoms with Gasteiger partial charge in [0.05, 0.1) is 17.6 Å². The van der Waals surface area contributed by atoms with E-state index in [1.165, 1.54) is 6.07 Å². The van der Waals surface area contributed by atoms with Crippen LogP contribution in [0.25, 0.3) is 0 Å². The summed E-state index contributed by atoms with van der Waals surface area (Å²) in [7, 11) is 0. The largest absolute Gasteiger partial charge is 0.457 e. The van der Waals surface area contributed by atoms with Crippen LogP contribution >= 0.6 is 11.8 Å². The Morgan fingerprint density at radius 1 is 1.28 bits per heavy atom. The van der Waals surface area contributed by atoms with E-state index in [1.807, 2.05) is 18.2 Å². The maximum atomic E-state index is 11.9. The lowest BCUT2D eigenvalue weighted by Gasteiger charge is -2.13. The Hall–Kier alpha value is -2.74. The summed E-state index contributed by atoms with van der Waals surface area (Å²) in [6, 6.07) is 12.0. The van der Waals surface area contributed by atoms with Gasteiger partial charge >= 0.3 is 5.30 Å². The van der Waals surface area contributed by atoms with Crippen molar-refractivity contribution in [1.82, 2.24) is 0 Å². The van der Waals surface area contributed by atoms with Crippen LogP contribution in [0.2, 0.25) is 0 Å². The summed E-state index contributed by atoms with van der Waals surface area (Å²) in [4.78, 5) is 23.5. The number of fused-ring (bicyclic) bond motifs is 1. The maximum absolute atomic E-state index is 11.9. The van der Waals surface area contributed by atoms with Crippen molar-refractivity contribution in [1.29, 1.82) is 0 Å². The number of thioether (sulfide) groups is 1. The van der Waals surface area contributed by atoms with Gasteiger partial charge in [0.25, 0.3) is 5.69 Å². The molecule has 0 spiro atoms. The van der Waals surface area contributed by atoms with Crippen molar-refractivity contribution in [3.8, 4) is 11.5 Å². The molecule has 25 heavy (non-hydrogen) atoms. The van der Waals surface area contributed by atoms with E-state index < -0.39 is 10.2 Å². The minimum atomic E-state index is -0.478. The van der Waals surface area contributed by atoms with Gasteiger partial charge in [-0.2, -0.15) is 0 Å². The molecular formula is C17H15NO6S. The molecule has 7 nitrogen and oxygen atoms in total. The zero-order valence-electron chi connectivity index (χ0n) is 13.3. The van der Waals surface area contributed by atoms with E-state index in [2.05, 4.69) is 0 Å². The van der Waals surface area contributed by atoms with Gasteiger partial charge in [0, 0.05) is 16.4 Å². The molecule has 0 N–H and O–H groups in total.